The predicted molar refractivity (Wildman–Crippen MR) is 82.7 cm³/mol. The summed E-state index contributed by atoms with van der Waals surface area (Å²) < 4.78 is 15.6. The zero-order valence-corrected chi connectivity index (χ0v) is 12.8. The van der Waals surface area contributed by atoms with E-state index in [1.165, 1.54) is 6.08 Å². The second-order valence-electron chi connectivity index (χ2n) is 4.29. The van der Waals surface area contributed by atoms with Gasteiger partial charge in [0, 0.05) is 25.8 Å². The fourth-order valence-corrected chi connectivity index (χ4v) is 1.72. The number of amides is 1. The average Bonchev–Trinajstić information content (AvgIpc) is 2.52. The van der Waals surface area contributed by atoms with Crippen molar-refractivity contribution in [3.05, 3.63) is 29.8 Å². The molecule has 0 saturated heterocycles. The highest BCUT2D eigenvalue weighted by Gasteiger charge is 2.03. The summed E-state index contributed by atoms with van der Waals surface area (Å²) in [5, 5.41) is 2.80. The summed E-state index contributed by atoms with van der Waals surface area (Å²) >= 11 is 0. The minimum absolute atomic E-state index is 0.124. The van der Waals surface area contributed by atoms with Crippen LogP contribution in [0.2, 0.25) is 0 Å². The van der Waals surface area contributed by atoms with Gasteiger partial charge in [-0.15, -0.1) is 0 Å². The van der Waals surface area contributed by atoms with Gasteiger partial charge in [-0.05, 0) is 37.1 Å². The second kappa shape index (κ2) is 9.83. The number of nitrogens with one attached hydrogen (secondary N) is 1. The third-order valence-corrected chi connectivity index (χ3v) is 2.80. The van der Waals surface area contributed by atoms with E-state index in [4.69, 9.17) is 14.2 Å². The molecule has 0 bridgehead atoms. The van der Waals surface area contributed by atoms with Crippen LogP contribution in [0.15, 0.2) is 24.3 Å². The molecule has 0 aliphatic heterocycles. The molecule has 5 nitrogen and oxygen atoms in total. The summed E-state index contributed by atoms with van der Waals surface area (Å²) in [7, 11) is 3.17. The van der Waals surface area contributed by atoms with Crippen molar-refractivity contribution in [1.29, 1.82) is 0 Å². The van der Waals surface area contributed by atoms with Crippen molar-refractivity contribution in [1.82, 2.24) is 5.32 Å². The van der Waals surface area contributed by atoms with Crippen LogP contribution in [0.3, 0.4) is 0 Å². The largest absolute Gasteiger partial charge is 0.493 e. The molecular formula is C16H23NO4. The molecule has 21 heavy (non-hydrogen) atoms. The number of ether oxygens (including phenoxy) is 3. The molecule has 1 aromatic carbocycles. The van der Waals surface area contributed by atoms with Crippen molar-refractivity contribution in [2.45, 2.75) is 13.3 Å². The molecule has 0 radical (unpaired) electrons. The first-order valence-corrected chi connectivity index (χ1v) is 6.97. The highest BCUT2D eigenvalue weighted by molar-refractivity contribution is 5.91. The van der Waals surface area contributed by atoms with E-state index >= 15 is 0 Å². The summed E-state index contributed by atoms with van der Waals surface area (Å²) in [4.78, 5) is 11.6. The van der Waals surface area contributed by atoms with Gasteiger partial charge in [0.05, 0.1) is 14.2 Å². The zero-order valence-electron chi connectivity index (χ0n) is 12.8. The molecule has 0 heterocycles. The second-order valence-corrected chi connectivity index (χ2v) is 4.29. The molecular weight excluding hydrogens is 270 g/mol. The topological polar surface area (TPSA) is 56.8 Å². The Morgan fingerprint density at radius 3 is 2.67 bits per heavy atom. The van der Waals surface area contributed by atoms with E-state index in [2.05, 4.69) is 5.32 Å². The molecule has 0 unspecified atom stereocenters. The maximum Gasteiger partial charge on any atom is 0.244 e. The van der Waals surface area contributed by atoms with Crippen molar-refractivity contribution >= 4 is 12.0 Å². The van der Waals surface area contributed by atoms with Crippen LogP contribution < -0.4 is 14.8 Å². The van der Waals surface area contributed by atoms with Gasteiger partial charge in [0.25, 0.3) is 0 Å². The highest BCUT2D eigenvalue weighted by atomic mass is 16.5. The summed E-state index contributed by atoms with van der Waals surface area (Å²) in [6, 6.07) is 5.48. The van der Waals surface area contributed by atoms with Crippen molar-refractivity contribution in [2.75, 3.05) is 34.0 Å². The lowest BCUT2D eigenvalue weighted by atomic mass is 10.2. The first-order chi connectivity index (χ1) is 10.2. The lowest BCUT2D eigenvalue weighted by molar-refractivity contribution is -0.116. The van der Waals surface area contributed by atoms with Crippen molar-refractivity contribution < 1.29 is 19.0 Å². The summed E-state index contributed by atoms with van der Waals surface area (Å²) in [5.74, 6) is 1.17. The molecule has 0 aromatic heterocycles. The lowest BCUT2D eigenvalue weighted by Crippen LogP contribution is -2.23. The normalized spacial score (nSPS) is 10.6. The Kier molecular flexibility index (Phi) is 7.97. The number of benzene rings is 1. The van der Waals surface area contributed by atoms with Crippen molar-refractivity contribution in [2.24, 2.45) is 0 Å². The molecule has 116 valence electrons. The molecule has 0 saturated carbocycles. The first-order valence-electron chi connectivity index (χ1n) is 6.97. The fourth-order valence-electron chi connectivity index (χ4n) is 1.72. The Balaban J connectivity index is 2.46. The predicted octanol–water partition coefficient (Wildman–Crippen LogP) is 2.26. The van der Waals surface area contributed by atoms with Gasteiger partial charge in [0.1, 0.15) is 0 Å². The standard InChI is InChI=1S/C16H23NO4/c1-4-21-11-5-10-17-16(18)9-7-13-6-8-14(19-2)15(12-13)20-3/h6-9,12H,4-5,10-11H2,1-3H3,(H,17,18). The van der Waals surface area contributed by atoms with E-state index in [1.54, 1.807) is 26.4 Å². The van der Waals surface area contributed by atoms with Gasteiger partial charge >= 0.3 is 0 Å². The summed E-state index contributed by atoms with van der Waals surface area (Å²) in [6.45, 7) is 3.92. The summed E-state index contributed by atoms with van der Waals surface area (Å²) in [5.41, 5.74) is 0.872. The molecule has 0 aliphatic rings. The maximum absolute atomic E-state index is 11.6. The molecule has 0 spiro atoms. The van der Waals surface area contributed by atoms with E-state index in [0.717, 1.165) is 12.0 Å². The molecule has 1 amide bonds. The zero-order chi connectivity index (χ0) is 15.5. The van der Waals surface area contributed by atoms with Gasteiger partial charge < -0.3 is 19.5 Å². The van der Waals surface area contributed by atoms with E-state index in [9.17, 15) is 4.79 Å². The number of hydrogen-bond donors (Lipinski definition) is 1. The lowest BCUT2D eigenvalue weighted by Gasteiger charge is -2.07. The Bertz CT molecular complexity index is 471. The average molecular weight is 293 g/mol. The van der Waals surface area contributed by atoms with Crippen LogP contribution in [-0.4, -0.2) is 39.9 Å². The molecule has 1 rings (SSSR count). The Hall–Kier alpha value is -2.01. The molecule has 0 atom stereocenters. The number of carbonyl (C=O) groups excluding carboxylic acids is 1. The van der Waals surface area contributed by atoms with Gasteiger partial charge in [0.2, 0.25) is 5.91 Å². The van der Waals surface area contributed by atoms with Crippen molar-refractivity contribution in [3.63, 3.8) is 0 Å². The molecule has 1 N–H and O–H groups in total. The van der Waals surface area contributed by atoms with Crippen LogP contribution in [0.4, 0.5) is 0 Å². The number of carbonyl (C=O) groups is 1. The molecule has 0 fully saturated rings. The summed E-state index contributed by atoms with van der Waals surface area (Å²) in [6.07, 6.45) is 4.05. The number of rotatable bonds is 9. The van der Waals surface area contributed by atoms with E-state index in [1.807, 2.05) is 19.1 Å². The van der Waals surface area contributed by atoms with E-state index in [0.29, 0.717) is 31.3 Å². The maximum atomic E-state index is 11.6. The monoisotopic (exact) mass is 293 g/mol. The molecule has 0 aliphatic carbocycles. The number of methoxy groups -OCH3 is 2. The van der Waals surface area contributed by atoms with Crippen LogP contribution in [0, 0.1) is 0 Å². The van der Waals surface area contributed by atoms with Crippen LogP contribution >= 0.6 is 0 Å². The van der Waals surface area contributed by atoms with Gasteiger partial charge in [-0.2, -0.15) is 0 Å². The van der Waals surface area contributed by atoms with E-state index in [-0.39, 0.29) is 5.91 Å². The first kappa shape index (κ1) is 17.0. The Morgan fingerprint density at radius 2 is 2.00 bits per heavy atom. The van der Waals surface area contributed by atoms with Crippen LogP contribution in [-0.2, 0) is 9.53 Å². The van der Waals surface area contributed by atoms with Gasteiger partial charge in [0.15, 0.2) is 11.5 Å². The smallest absolute Gasteiger partial charge is 0.244 e. The third kappa shape index (κ3) is 6.31. The minimum Gasteiger partial charge on any atom is -0.493 e. The molecule has 5 heteroatoms. The van der Waals surface area contributed by atoms with Gasteiger partial charge in [-0.1, -0.05) is 6.07 Å². The van der Waals surface area contributed by atoms with E-state index < -0.39 is 0 Å². The van der Waals surface area contributed by atoms with Crippen LogP contribution in [0.25, 0.3) is 6.08 Å². The van der Waals surface area contributed by atoms with Crippen LogP contribution in [0.5, 0.6) is 11.5 Å². The molecule has 1 aromatic rings. The van der Waals surface area contributed by atoms with Gasteiger partial charge in [-0.3, -0.25) is 4.79 Å². The third-order valence-electron chi connectivity index (χ3n) is 2.80. The Labute approximate surface area is 125 Å². The quantitative estimate of drug-likeness (QED) is 0.560. The van der Waals surface area contributed by atoms with Crippen LogP contribution in [0.1, 0.15) is 18.9 Å². The van der Waals surface area contributed by atoms with Crippen molar-refractivity contribution in [3.8, 4) is 11.5 Å². The highest BCUT2D eigenvalue weighted by Crippen LogP contribution is 2.27. The SMILES string of the molecule is CCOCCCNC(=O)C=Cc1ccc(OC)c(OC)c1. The fraction of sp³-hybridized carbons (Fsp3) is 0.438. The minimum atomic E-state index is -0.124. The van der Waals surface area contributed by atoms with Gasteiger partial charge in [-0.25, -0.2) is 0 Å². The number of hydrogen-bond acceptors (Lipinski definition) is 4. The Morgan fingerprint density at radius 1 is 1.24 bits per heavy atom.